The minimum absolute atomic E-state index is 0.394. The summed E-state index contributed by atoms with van der Waals surface area (Å²) in [6.07, 6.45) is 0. The van der Waals surface area contributed by atoms with Crippen LogP contribution in [0.3, 0.4) is 0 Å². The second-order valence-corrected chi connectivity index (χ2v) is 5.45. The normalized spacial score (nSPS) is 10.4. The second-order valence-electron chi connectivity index (χ2n) is 3.72. The summed E-state index contributed by atoms with van der Waals surface area (Å²) in [4.78, 5) is 0. The van der Waals surface area contributed by atoms with E-state index in [2.05, 4.69) is 15.9 Å². The second kappa shape index (κ2) is 5.83. The Morgan fingerprint density at radius 1 is 1.11 bits per heavy atom. The molecule has 0 aliphatic rings. The van der Waals surface area contributed by atoms with E-state index in [9.17, 15) is 0 Å². The van der Waals surface area contributed by atoms with Gasteiger partial charge in [-0.3, -0.25) is 0 Å². The summed E-state index contributed by atoms with van der Waals surface area (Å²) in [6, 6.07) is 10.9. The molecule has 0 aromatic heterocycles. The number of hydrogen-bond donors (Lipinski definition) is 1. The lowest BCUT2D eigenvalue weighted by molar-refractivity contribution is 0.306. The molecule has 2 N–H and O–H groups in total. The first-order valence-corrected chi connectivity index (χ1v) is 6.73. The maximum atomic E-state index is 5.90. The van der Waals surface area contributed by atoms with Gasteiger partial charge in [-0.2, -0.15) is 0 Å². The van der Waals surface area contributed by atoms with Crippen LogP contribution in [0.2, 0.25) is 10.0 Å². The van der Waals surface area contributed by atoms with Crippen molar-refractivity contribution in [3.05, 3.63) is 56.5 Å². The molecule has 94 valence electrons. The van der Waals surface area contributed by atoms with Crippen molar-refractivity contribution in [3.8, 4) is 5.75 Å². The van der Waals surface area contributed by atoms with Crippen molar-refractivity contribution in [2.75, 3.05) is 5.73 Å². The van der Waals surface area contributed by atoms with Gasteiger partial charge in [-0.25, -0.2) is 0 Å². The smallest absolute Gasteiger partial charge is 0.156 e. The van der Waals surface area contributed by atoms with Crippen LogP contribution in [0.25, 0.3) is 0 Å². The van der Waals surface area contributed by atoms with E-state index in [1.165, 1.54) is 0 Å². The minimum atomic E-state index is 0.394. The van der Waals surface area contributed by atoms with Crippen molar-refractivity contribution in [2.45, 2.75) is 6.61 Å². The zero-order chi connectivity index (χ0) is 13.1. The lowest BCUT2D eigenvalue weighted by Crippen LogP contribution is -1.99. The van der Waals surface area contributed by atoms with Gasteiger partial charge < -0.3 is 10.5 Å². The van der Waals surface area contributed by atoms with Gasteiger partial charge in [-0.1, -0.05) is 35.3 Å². The molecular formula is C13H10BrCl2NO. The van der Waals surface area contributed by atoms with Crippen molar-refractivity contribution < 1.29 is 4.74 Å². The van der Waals surface area contributed by atoms with E-state index >= 15 is 0 Å². The molecule has 0 unspecified atom stereocenters. The quantitative estimate of drug-likeness (QED) is 0.801. The number of rotatable bonds is 3. The Morgan fingerprint density at radius 3 is 2.56 bits per heavy atom. The number of nitrogen functional groups attached to an aromatic ring is 1. The first-order valence-electron chi connectivity index (χ1n) is 5.18. The first-order chi connectivity index (χ1) is 8.56. The average molecular weight is 347 g/mol. The molecule has 0 fully saturated rings. The molecule has 2 aromatic carbocycles. The fourth-order valence-corrected chi connectivity index (χ4v) is 2.68. The van der Waals surface area contributed by atoms with Crippen LogP contribution in [0.15, 0.2) is 40.9 Å². The maximum Gasteiger partial charge on any atom is 0.156 e. The predicted molar refractivity (Wildman–Crippen MR) is 79.3 cm³/mol. The number of halogens is 3. The third-order valence-electron chi connectivity index (χ3n) is 2.31. The lowest BCUT2D eigenvalue weighted by atomic mass is 10.2. The molecule has 0 amide bonds. The van der Waals surface area contributed by atoms with Crippen molar-refractivity contribution in [3.63, 3.8) is 0 Å². The SMILES string of the molecule is Nc1cc(Cl)cc(Br)c1OCc1cccc(Cl)c1. The Bertz CT molecular complexity index is 552. The van der Waals surface area contributed by atoms with E-state index in [4.69, 9.17) is 33.7 Å². The number of anilines is 1. The van der Waals surface area contributed by atoms with Gasteiger partial charge in [0.05, 0.1) is 10.2 Å². The third-order valence-corrected chi connectivity index (χ3v) is 3.35. The van der Waals surface area contributed by atoms with Crippen LogP contribution < -0.4 is 10.5 Å². The lowest BCUT2D eigenvalue weighted by Gasteiger charge is -2.11. The topological polar surface area (TPSA) is 35.2 Å². The number of benzene rings is 2. The van der Waals surface area contributed by atoms with Crippen LogP contribution in [0.1, 0.15) is 5.56 Å². The summed E-state index contributed by atoms with van der Waals surface area (Å²) in [6.45, 7) is 0.394. The van der Waals surface area contributed by atoms with Gasteiger partial charge >= 0.3 is 0 Å². The summed E-state index contributed by atoms with van der Waals surface area (Å²) in [5.41, 5.74) is 7.32. The zero-order valence-corrected chi connectivity index (χ0v) is 12.4. The molecular weight excluding hydrogens is 337 g/mol. The highest BCUT2D eigenvalue weighted by atomic mass is 79.9. The molecule has 0 spiro atoms. The number of hydrogen-bond acceptors (Lipinski definition) is 2. The highest BCUT2D eigenvalue weighted by Crippen LogP contribution is 2.35. The van der Waals surface area contributed by atoms with Gasteiger partial charge in [-0.05, 0) is 45.8 Å². The fraction of sp³-hybridized carbons (Fsp3) is 0.0769. The van der Waals surface area contributed by atoms with Crippen LogP contribution in [-0.2, 0) is 6.61 Å². The van der Waals surface area contributed by atoms with Gasteiger partial charge in [-0.15, -0.1) is 0 Å². The Labute approximate surface area is 124 Å². The Balaban J connectivity index is 2.16. The van der Waals surface area contributed by atoms with Crippen LogP contribution in [-0.4, -0.2) is 0 Å². The summed E-state index contributed by atoms with van der Waals surface area (Å²) in [5.74, 6) is 0.583. The first kappa shape index (κ1) is 13.5. The predicted octanol–water partition coefficient (Wildman–Crippen LogP) is 4.92. The molecule has 2 nitrogen and oxygen atoms in total. The molecule has 0 aliphatic heterocycles. The summed E-state index contributed by atoms with van der Waals surface area (Å²) < 4.78 is 6.41. The van der Waals surface area contributed by atoms with Crippen molar-refractivity contribution in [1.29, 1.82) is 0 Å². The molecule has 0 saturated heterocycles. The Morgan fingerprint density at radius 2 is 1.89 bits per heavy atom. The van der Waals surface area contributed by atoms with E-state index in [1.807, 2.05) is 24.3 Å². The number of nitrogens with two attached hydrogens (primary N) is 1. The van der Waals surface area contributed by atoms with Crippen LogP contribution in [0.4, 0.5) is 5.69 Å². The summed E-state index contributed by atoms with van der Waals surface area (Å²) >= 11 is 15.2. The third kappa shape index (κ3) is 3.31. The highest BCUT2D eigenvalue weighted by molar-refractivity contribution is 9.10. The molecule has 2 aromatic rings. The molecule has 0 bridgehead atoms. The van der Waals surface area contributed by atoms with E-state index in [1.54, 1.807) is 12.1 Å². The zero-order valence-electron chi connectivity index (χ0n) is 9.29. The molecule has 2 rings (SSSR count). The van der Waals surface area contributed by atoms with Gasteiger partial charge in [0, 0.05) is 10.0 Å². The van der Waals surface area contributed by atoms with E-state index in [0.717, 1.165) is 10.0 Å². The Hall–Kier alpha value is -0.900. The Kier molecular flexibility index (Phi) is 4.38. The fourth-order valence-electron chi connectivity index (χ4n) is 1.51. The van der Waals surface area contributed by atoms with Crippen molar-refractivity contribution >= 4 is 44.8 Å². The van der Waals surface area contributed by atoms with Gasteiger partial charge in [0.1, 0.15) is 6.61 Å². The average Bonchev–Trinajstić information content (AvgIpc) is 2.27. The molecule has 18 heavy (non-hydrogen) atoms. The van der Waals surface area contributed by atoms with Gasteiger partial charge in [0.2, 0.25) is 0 Å². The van der Waals surface area contributed by atoms with Crippen molar-refractivity contribution in [1.82, 2.24) is 0 Å². The summed E-state index contributed by atoms with van der Waals surface area (Å²) in [5, 5.41) is 1.24. The van der Waals surface area contributed by atoms with Gasteiger partial charge in [0.15, 0.2) is 5.75 Å². The summed E-state index contributed by atoms with van der Waals surface area (Å²) in [7, 11) is 0. The molecule has 5 heteroatoms. The van der Waals surface area contributed by atoms with Crippen LogP contribution in [0.5, 0.6) is 5.75 Å². The minimum Gasteiger partial charge on any atom is -0.486 e. The largest absolute Gasteiger partial charge is 0.486 e. The van der Waals surface area contributed by atoms with Crippen LogP contribution in [0, 0.1) is 0 Å². The highest BCUT2D eigenvalue weighted by Gasteiger charge is 2.08. The molecule has 0 aliphatic carbocycles. The molecule has 0 saturated carbocycles. The maximum absolute atomic E-state index is 5.90. The van der Waals surface area contributed by atoms with Gasteiger partial charge in [0.25, 0.3) is 0 Å². The van der Waals surface area contributed by atoms with E-state index in [-0.39, 0.29) is 0 Å². The number of ether oxygens (including phenoxy) is 1. The van der Waals surface area contributed by atoms with Crippen molar-refractivity contribution in [2.24, 2.45) is 0 Å². The van der Waals surface area contributed by atoms with Crippen LogP contribution >= 0.6 is 39.1 Å². The standard InChI is InChI=1S/C13H10BrCl2NO/c14-11-5-10(16)6-12(17)13(11)18-7-8-2-1-3-9(15)4-8/h1-6H,7,17H2. The monoisotopic (exact) mass is 345 g/mol. The van der Waals surface area contributed by atoms with E-state index < -0.39 is 0 Å². The molecule has 0 radical (unpaired) electrons. The van der Waals surface area contributed by atoms with E-state index in [0.29, 0.717) is 28.1 Å². The molecule has 0 atom stereocenters. The molecule has 0 heterocycles.